The minimum Gasteiger partial charge on any atom is -0.477 e. The first kappa shape index (κ1) is 15.0. The highest BCUT2D eigenvalue weighted by atomic mass is 32.1. The second-order valence-corrected chi connectivity index (χ2v) is 5.22. The lowest BCUT2D eigenvalue weighted by molar-refractivity contribution is 0.0701. The largest absolute Gasteiger partial charge is 0.477 e. The molecule has 2 aromatic rings. The van der Waals surface area contributed by atoms with E-state index in [1.54, 1.807) is 0 Å². The van der Waals surface area contributed by atoms with E-state index in [0.29, 0.717) is 10.7 Å². The number of thiazole rings is 1. The van der Waals surface area contributed by atoms with E-state index in [2.05, 4.69) is 10.3 Å². The molecule has 21 heavy (non-hydrogen) atoms. The van der Waals surface area contributed by atoms with Crippen LogP contribution in [-0.4, -0.2) is 22.0 Å². The number of rotatable bonds is 4. The standard InChI is InChI=1S/C13H10F2N2O3S/c1-6-11(13(19)20)21-10(17-6)5-16-12(18)8-4-7(14)2-3-9(8)15/h2-4H,5H2,1H3,(H,16,18)(H,19,20). The molecule has 0 bridgehead atoms. The van der Waals surface area contributed by atoms with Crippen LogP contribution in [-0.2, 0) is 6.54 Å². The van der Waals surface area contributed by atoms with Crippen molar-refractivity contribution in [3.63, 3.8) is 0 Å². The predicted molar refractivity (Wildman–Crippen MR) is 71.3 cm³/mol. The quantitative estimate of drug-likeness (QED) is 0.908. The van der Waals surface area contributed by atoms with E-state index in [1.807, 2.05) is 0 Å². The molecule has 8 heteroatoms. The number of carboxylic acid groups (broad SMARTS) is 1. The number of aromatic nitrogens is 1. The summed E-state index contributed by atoms with van der Waals surface area (Å²) in [6.07, 6.45) is 0. The van der Waals surface area contributed by atoms with E-state index in [-0.39, 0.29) is 11.4 Å². The number of nitrogens with zero attached hydrogens (tertiary/aromatic N) is 1. The van der Waals surface area contributed by atoms with Crippen LogP contribution in [0.15, 0.2) is 18.2 Å². The maximum Gasteiger partial charge on any atom is 0.347 e. The van der Waals surface area contributed by atoms with E-state index in [4.69, 9.17) is 5.11 Å². The van der Waals surface area contributed by atoms with Gasteiger partial charge < -0.3 is 10.4 Å². The van der Waals surface area contributed by atoms with Gasteiger partial charge in [-0.05, 0) is 25.1 Å². The Morgan fingerprint density at radius 1 is 1.38 bits per heavy atom. The average molecular weight is 312 g/mol. The summed E-state index contributed by atoms with van der Waals surface area (Å²) in [5, 5.41) is 11.6. The van der Waals surface area contributed by atoms with Crippen LogP contribution >= 0.6 is 11.3 Å². The average Bonchev–Trinajstić information content (AvgIpc) is 2.80. The van der Waals surface area contributed by atoms with Crippen molar-refractivity contribution in [2.45, 2.75) is 13.5 Å². The molecular formula is C13H10F2N2O3S. The van der Waals surface area contributed by atoms with Gasteiger partial charge in [0, 0.05) is 0 Å². The zero-order valence-corrected chi connectivity index (χ0v) is 11.6. The van der Waals surface area contributed by atoms with Crippen LogP contribution in [0.2, 0.25) is 0 Å². The first-order chi connectivity index (χ1) is 9.88. The molecule has 0 saturated heterocycles. The summed E-state index contributed by atoms with van der Waals surface area (Å²) in [6, 6.07) is 2.57. The Bertz CT molecular complexity index is 715. The van der Waals surface area contributed by atoms with Crippen molar-refractivity contribution in [2.24, 2.45) is 0 Å². The number of hydrogen-bond donors (Lipinski definition) is 2. The summed E-state index contributed by atoms with van der Waals surface area (Å²) in [6.45, 7) is 1.48. The number of aryl methyl sites for hydroxylation is 1. The van der Waals surface area contributed by atoms with Gasteiger partial charge in [-0.15, -0.1) is 11.3 Å². The molecule has 1 heterocycles. The summed E-state index contributed by atoms with van der Waals surface area (Å²) < 4.78 is 26.4. The Kier molecular flexibility index (Phi) is 4.27. The zero-order chi connectivity index (χ0) is 15.6. The zero-order valence-electron chi connectivity index (χ0n) is 10.8. The van der Waals surface area contributed by atoms with Crippen LogP contribution in [0.5, 0.6) is 0 Å². The first-order valence-electron chi connectivity index (χ1n) is 5.81. The highest BCUT2D eigenvalue weighted by Crippen LogP contribution is 2.18. The summed E-state index contributed by atoms with van der Waals surface area (Å²) >= 11 is 0.919. The summed E-state index contributed by atoms with van der Waals surface area (Å²) in [5.74, 6) is -3.45. The third-order valence-corrected chi connectivity index (χ3v) is 3.75. The van der Waals surface area contributed by atoms with E-state index in [1.165, 1.54) is 6.92 Å². The molecule has 0 fully saturated rings. The van der Waals surface area contributed by atoms with E-state index < -0.39 is 29.1 Å². The molecule has 1 aromatic carbocycles. The van der Waals surface area contributed by atoms with Gasteiger partial charge >= 0.3 is 5.97 Å². The predicted octanol–water partition coefficient (Wildman–Crippen LogP) is 2.36. The van der Waals surface area contributed by atoms with Crippen molar-refractivity contribution in [1.29, 1.82) is 0 Å². The number of carbonyl (C=O) groups excluding carboxylic acids is 1. The lowest BCUT2D eigenvalue weighted by Crippen LogP contribution is -2.24. The minimum atomic E-state index is -1.10. The molecule has 0 aliphatic rings. The SMILES string of the molecule is Cc1nc(CNC(=O)c2cc(F)ccc2F)sc1C(=O)O. The van der Waals surface area contributed by atoms with Crippen molar-refractivity contribution in [1.82, 2.24) is 10.3 Å². The van der Waals surface area contributed by atoms with Crippen molar-refractivity contribution in [3.05, 3.63) is 51.0 Å². The number of benzene rings is 1. The third kappa shape index (κ3) is 3.40. The molecule has 0 atom stereocenters. The number of amides is 1. The molecule has 0 saturated carbocycles. The highest BCUT2D eigenvalue weighted by molar-refractivity contribution is 7.13. The number of halogens is 2. The Labute approximate surface area is 122 Å². The Balaban J connectivity index is 2.09. The lowest BCUT2D eigenvalue weighted by Gasteiger charge is -2.04. The van der Waals surface area contributed by atoms with Gasteiger partial charge in [-0.3, -0.25) is 4.79 Å². The van der Waals surface area contributed by atoms with Crippen molar-refractivity contribution in [3.8, 4) is 0 Å². The summed E-state index contributed by atoms with van der Waals surface area (Å²) in [7, 11) is 0. The van der Waals surface area contributed by atoms with Crippen LogP contribution < -0.4 is 5.32 Å². The molecular weight excluding hydrogens is 302 g/mol. The molecule has 0 spiro atoms. The molecule has 1 amide bonds. The van der Waals surface area contributed by atoms with E-state index >= 15 is 0 Å². The number of carbonyl (C=O) groups is 2. The fourth-order valence-corrected chi connectivity index (χ4v) is 2.49. The van der Waals surface area contributed by atoms with Gasteiger partial charge in [0.2, 0.25) is 0 Å². The van der Waals surface area contributed by atoms with Crippen LogP contribution in [0, 0.1) is 18.6 Å². The fraction of sp³-hybridized carbons (Fsp3) is 0.154. The number of nitrogens with one attached hydrogen (secondary N) is 1. The van der Waals surface area contributed by atoms with Gasteiger partial charge in [-0.1, -0.05) is 0 Å². The maximum atomic E-state index is 13.4. The first-order valence-corrected chi connectivity index (χ1v) is 6.63. The smallest absolute Gasteiger partial charge is 0.347 e. The Hall–Kier alpha value is -2.35. The molecule has 0 aliphatic carbocycles. The lowest BCUT2D eigenvalue weighted by atomic mass is 10.2. The highest BCUT2D eigenvalue weighted by Gasteiger charge is 2.16. The molecule has 5 nitrogen and oxygen atoms in total. The van der Waals surface area contributed by atoms with Gasteiger partial charge in [-0.25, -0.2) is 18.6 Å². The molecule has 0 aliphatic heterocycles. The normalized spacial score (nSPS) is 10.4. The van der Waals surface area contributed by atoms with Crippen molar-refractivity contribution < 1.29 is 23.5 Å². The second kappa shape index (κ2) is 5.96. The van der Waals surface area contributed by atoms with Crippen LogP contribution in [0.25, 0.3) is 0 Å². The van der Waals surface area contributed by atoms with Crippen LogP contribution in [0.1, 0.15) is 30.7 Å². The van der Waals surface area contributed by atoms with E-state index in [9.17, 15) is 18.4 Å². The molecule has 0 radical (unpaired) electrons. The van der Waals surface area contributed by atoms with Crippen molar-refractivity contribution in [2.75, 3.05) is 0 Å². The summed E-state index contributed by atoms with van der Waals surface area (Å²) in [5.41, 5.74) is -0.0737. The maximum absolute atomic E-state index is 13.4. The number of aromatic carboxylic acids is 1. The van der Waals surface area contributed by atoms with Crippen LogP contribution in [0.4, 0.5) is 8.78 Å². The van der Waals surface area contributed by atoms with Gasteiger partial charge in [0.05, 0.1) is 17.8 Å². The molecule has 1 aromatic heterocycles. The van der Waals surface area contributed by atoms with Gasteiger partial charge in [0.25, 0.3) is 5.91 Å². The van der Waals surface area contributed by atoms with Gasteiger partial charge in [0.15, 0.2) is 0 Å². The topological polar surface area (TPSA) is 79.3 Å². The molecule has 0 unspecified atom stereocenters. The second-order valence-electron chi connectivity index (χ2n) is 4.13. The van der Waals surface area contributed by atoms with Gasteiger partial charge in [0.1, 0.15) is 21.5 Å². The monoisotopic (exact) mass is 312 g/mol. The third-order valence-electron chi connectivity index (χ3n) is 2.61. The number of hydrogen-bond acceptors (Lipinski definition) is 4. The van der Waals surface area contributed by atoms with Gasteiger partial charge in [-0.2, -0.15) is 0 Å². The number of carboxylic acids is 1. The van der Waals surface area contributed by atoms with E-state index in [0.717, 1.165) is 29.5 Å². The molecule has 2 N–H and O–H groups in total. The Morgan fingerprint density at radius 3 is 2.71 bits per heavy atom. The molecule has 110 valence electrons. The Morgan fingerprint density at radius 2 is 2.10 bits per heavy atom. The molecule has 2 rings (SSSR count). The minimum absolute atomic E-state index is 0.0619. The van der Waals surface area contributed by atoms with Crippen molar-refractivity contribution >= 4 is 23.2 Å². The fourth-order valence-electron chi connectivity index (χ4n) is 1.65. The summed E-state index contributed by atoms with van der Waals surface area (Å²) in [4.78, 5) is 26.7. The van der Waals surface area contributed by atoms with Crippen LogP contribution in [0.3, 0.4) is 0 Å².